The zero-order valence-electron chi connectivity index (χ0n) is 21.9. The highest BCUT2D eigenvalue weighted by Crippen LogP contribution is 2.41. The van der Waals surface area contributed by atoms with Gasteiger partial charge in [-0.25, -0.2) is 0 Å². The topological polar surface area (TPSA) is 100 Å². The average Bonchev–Trinajstić information content (AvgIpc) is 2.94. The second-order valence-corrected chi connectivity index (χ2v) is 9.27. The van der Waals surface area contributed by atoms with Crippen molar-refractivity contribution in [3.8, 4) is 23.0 Å². The van der Waals surface area contributed by atoms with Gasteiger partial charge in [-0.2, -0.15) is 13.2 Å². The molecule has 0 saturated carbocycles. The van der Waals surface area contributed by atoms with Gasteiger partial charge in [0.25, 0.3) is 0 Å². The van der Waals surface area contributed by atoms with Gasteiger partial charge >= 0.3 is 12.1 Å². The number of halogens is 4. The molecule has 214 valence electrons. The number of methoxy groups -OCH3 is 4. The van der Waals surface area contributed by atoms with E-state index < -0.39 is 35.5 Å². The molecule has 0 N–H and O–H groups in total. The van der Waals surface area contributed by atoms with Gasteiger partial charge in [0.15, 0.2) is 11.5 Å². The summed E-state index contributed by atoms with van der Waals surface area (Å²) >= 11 is 3.36. The SMILES string of the molecule is COc1ccc(N(C(=O)C(F)(F)F)[C@H](c2ccccc2OC)[C@H](Cc2cc(OC)c(OC)cc2Br)[N+](=O)[O-])cc1. The van der Waals surface area contributed by atoms with E-state index in [1.54, 1.807) is 6.07 Å². The Hall–Kier alpha value is -4.00. The maximum absolute atomic E-state index is 14.1. The maximum Gasteiger partial charge on any atom is 0.471 e. The minimum absolute atomic E-state index is 0.0108. The Morgan fingerprint density at radius 1 is 0.925 bits per heavy atom. The number of rotatable bonds is 11. The zero-order valence-corrected chi connectivity index (χ0v) is 23.5. The summed E-state index contributed by atoms with van der Waals surface area (Å²) in [6, 6.07) is 10.6. The molecule has 1 amide bonds. The normalized spacial score (nSPS) is 12.7. The summed E-state index contributed by atoms with van der Waals surface area (Å²) in [6.45, 7) is 0. The summed E-state index contributed by atoms with van der Waals surface area (Å²) in [4.78, 5) is 25.4. The van der Waals surface area contributed by atoms with Crippen LogP contribution in [0.25, 0.3) is 0 Å². The number of benzene rings is 3. The highest BCUT2D eigenvalue weighted by Gasteiger charge is 2.50. The molecule has 13 heteroatoms. The van der Waals surface area contributed by atoms with E-state index in [4.69, 9.17) is 18.9 Å². The molecule has 9 nitrogen and oxygen atoms in total. The third-order valence-electron chi connectivity index (χ3n) is 6.16. The van der Waals surface area contributed by atoms with E-state index in [0.29, 0.717) is 26.4 Å². The smallest absolute Gasteiger partial charge is 0.471 e. The molecule has 3 aromatic carbocycles. The maximum atomic E-state index is 14.1. The van der Waals surface area contributed by atoms with Crippen molar-refractivity contribution in [1.29, 1.82) is 0 Å². The summed E-state index contributed by atoms with van der Waals surface area (Å²) in [5, 5.41) is 12.7. The Labute approximate surface area is 236 Å². The first-order valence-electron chi connectivity index (χ1n) is 11.7. The lowest BCUT2D eigenvalue weighted by molar-refractivity contribution is -0.526. The van der Waals surface area contributed by atoms with E-state index in [0.717, 1.165) is 0 Å². The van der Waals surface area contributed by atoms with Crippen LogP contribution < -0.4 is 23.8 Å². The first-order chi connectivity index (χ1) is 19.0. The van der Waals surface area contributed by atoms with Crippen molar-refractivity contribution in [2.24, 2.45) is 0 Å². The fourth-order valence-electron chi connectivity index (χ4n) is 4.29. The van der Waals surface area contributed by atoms with E-state index >= 15 is 0 Å². The van der Waals surface area contributed by atoms with Gasteiger partial charge in [0.05, 0.1) is 28.4 Å². The monoisotopic (exact) mass is 626 g/mol. The molecular formula is C27H26BrF3N2O7. The highest BCUT2D eigenvalue weighted by atomic mass is 79.9. The summed E-state index contributed by atoms with van der Waals surface area (Å²) < 4.78 is 63.7. The highest BCUT2D eigenvalue weighted by molar-refractivity contribution is 9.10. The largest absolute Gasteiger partial charge is 0.497 e. The van der Waals surface area contributed by atoms with Crippen LogP contribution in [0.3, 0.4) is 0 Å². The minimum Gasteiger partial charge on any atom is -0.497 e. The first kappa shape index (κ1) is 30.5. The van der Waals surface area contributed by atoms with Crippen molar-refractivity contribution in [3.05, 3.63) is 86.4 Å². The predicted molar refractivity (Wildman–Crippen MR) is 144 cm³/mol. The van der Waals surface area contributed by atoms with Gasteiger partial charge in [-0.05, 0) is 48.0 Å². The van der Waals surface area contributed by atoms with E-state index in [9.17, 15) is 28.1 Å². The number of ether oxygens (including phenoxy) is 4. The lowest BCUT2D eigenvalue weighted by atomic mass is 9.91. The molecule has 40 heavy (non-hydrogen) atoms. The average molecular weight is 627 g/mol. The van der Waals surface area contributed by atoms with Crippen LogP contribution in [0, 0.1) is 10.1 Å². The van der Waals surface area contributed by atoms with Gasteiger partial charge in [0.2, 0.25) is 6.04 Å². The fourth-order valence-corrected chi connectivity index (χ4v) is 4.78. The number of para-hydroxylation sites is 1. The number of carbonyl (C=O) groups excluding carboxylic acids is 1. The van der Waals surface area contributed by atoms with Crippen LogP contribution in [-0.2, 0) is 11.2 Å². The van der Waals surface area contributed by atoms with Crippen LogP contribution in [0.15, 0.2) is 65.1 Å². The van der Waals surface area contributed by atoms with Gasteiger partial charge < -0.3 is 18.9 Å². The summed E-state index contributed by atoms with van der Waals surface area (Å²) in [5.41, 5.74) is 0.127. The second-order valence-electron chi connectivity index (χ2n) is 8.41. The molecule has 0 aliphatic rings. The number of hydrogen-bond donors (Lipinski definition) is 0. The summed E-state index contributed by atoms with van der Waals surface area (Å²) in [6.07, 6.45) is -5.75. The van der Waals surface area contributed by atoms with Crippen molar-refractivity contribution in [3.63, 3.8) is 0 Å². The number of nitrogens with zero attached hydrogens (tertiary/aromatic N) is 2. The van der Waals surface area contributed by atoms with Crippen LogP contribution >= 0.6 is 15.9 Å². The fraction of sp³-hybridized carbons (Fsp3) is 0.296. The zero-order chi connectivity index (χ0) is 29.6. The number of alkyl halides is 3. The van der Waals surface area contributed by atoms with Gasteiger partial charge in [-0.1, -0.05) is 34.1 Å². The summed E-state index contributed by atoms with van der Waals surface area (Å²) in [5.74, 6) is -1.30. The standard InChI is InChI=1S/C27H26BrF3N2O7/c1-37-18-11-9-17(10-12-18)32(26(34)27(29,30)31)25(19-7-5-6-8-22(19)38-2)21(33(35)36)13-16-14-23(39-3)24(40-4)15-20(16)28/h5-12,14-15,21,25H,13H2,1-4H3/t21-,25+/m0/s1. The molecule has 0 aromatic heterocycles. The van der Waals surface area contributed by atoms with E-state index in [1.807, 2.05) is 0 Å². The molecule has 0 unspecified atom stereocenters. The van der Waals surface area contributed by atoms with Crippen LogP contribution in [0.1, 0.15) is 17.2 Å². The molecule has 0 spiro atoms. The molecule has 0 heterocycles. The number of nitro groups is 1. The Morgan fingerprint density at radius 2 is 1.50 bits per heavy atom. The van der Waals surface area contributed by atoms with Gasteiger partial charge in [0, 0.05) is 27.1 Å². The summed E-state index contributed by atoms with van der Waals surface area (Å²) in [7, 11) is 5.45. The van der Waals surface area contributed by atoms with Crippen LogP contribution in [-0.4, -0.2) is 51.5 Å². The second kappa shape index (κ2) is 12.9. The van der Waals surface area contributed by atoms with E-state index in [2.05, 4.69) is 15.9 Å². The van der Waals surface area contributed by atoms with Crippen LogP contribution in [0.2, 0.25) is 0 Å². The molecule has 3 aromatic rings. The predicted octanol–water partition coefficient (Wildman–Crippen LogP) is 6.01. The van der Waals surface area contributed by atoms with Gasteiger partial charge in [-0.15, -0.1) is 0 Å². The number of carbonyl (C=O) groups is 1. The molecule has 0 radical (unpaired) electrons. The number of amides is 1. The Balaban J connectivity index is 2.31. The molecule has 0 aliphatic carbocycles. The van der Waals surface area contributed by atoms with Crippen LogP contribution in [0.5, 0.6) is 23.0 Å². The lowest BCUT2D eigenvalue weighted by Crippen LogP contribution is -2.49. The quantitative estimate of drug-likeness (QED) is 0.190. The van der Waals surface area contributed by atoms with Gasteiger partial charge in [0.1, 0.15) is 17.5 Å². The van der Waals surface area contributed by atoms with Crippen LogP contribution in [0.4, 0.5) is 18.9 Å². The molecule has 0 aliphatic heterocycles. The van der Waals surface area contributed by atoms with E-state index in [1.165, 1.54) is 83.0 Å². The van der Waals surface area contributed by atoms with Crippen molar-refractivity contribution in [2.45, 2.75) is 24.7 Å². The molecular weight excluding hydrogens is 601 g/mol. The minimum atomic E-state index is -5.36. The van der Waals surface area contributed by atoms with E-state index in [-0.39, 0.29) is 22.7 Å². The third-order valence-corrected chi connectivity index (χ3v) is 6.90. The molecule has 3 rings (SSSR count). The number of hydrogen-bond acceptors (Lipinski definition) is 7. The molecule has 0 bridgehead atoms. The lowest BCUT2D eigenvalue weighted by Gasteiger charge is -2.35. The van der Waals surface area contributed by atoms with Crippen molar-refractivity contribution in [2.75, 3.05) is 33.3 Å². The Morgan fingerprint density at radius 3 is 2.02 bits per heavy atom. The van der Waals surface area contributed by atoms with Gasteiger partial charge in [-0.3, -0.25) is 19.8 Å². The van der Waals surface area contributed by atoms with Crippen molar-refractivity contribution < 1.29 is 41.8 Å². The van der Waals surface area contributed by atoms with Crippen molar-refractivity contribution >= 4 is 27.5 Å². The third kappa shape index (κ3) is 6.58. The number of anilines is 1. The molecule has 2 atom stereocenters. The molecule has 0 saturated heterocycles. The molecule has 0 fully saturated rings. The van der Waals surface area contributed by atoms with Crippen molar-refractivity contribution in [1.82, 2.24) is 0 Å². The Bertz CT molecular complexity index is 1350. The first-order valence-corrected chi connectivity index (χ1v) is 12.5. The Kier molecular flexibility index (Phi) is 9.85.